The van der Waals surface area contributed by atoms with E-state index in [1.54, 1.807) is 19.1 Å². The third-order valence-corrected chi connectivity index (χ3v) is 6.22. The lowest BCUT2D eigenvalue weighted by Gasteiger charge is -2.36. The number of carbonyl (C=O) groups excluding carboxylic acids is 3. The summed E-state index contributed by atoms with van der Waals surface area (Å²) in [6.07, 6.45) is 1.06. The van der Waals surface area contributed by atoms with Crippen molar-refractivity contribution < 1.29 is 19.5 Å². The number of aromatic hydroxyl groups is 1. The number of anilines is 1. The summed E-state index contributed by atoms with van der Waals surface area (Å²) in [6.45, 7) is 4.32. The smallest absolute Gasteiger partial charge is 0.344 e. The van der Waals surface area contributed by atoms with Crippen LogP contribution in [0.15, 0.2) is 54.6 Å². The van der Waals surface area contributed by atoms with Crippen LogP contribution in [0.2, 0.25) is 0 Å². The first kappa shape index (κ1) is 22.6. The van der Waals surface area contributed by atoms with E-state index in [0.717, 1.165) is 16.3 Å². The second-order valence-corrected chi connectivity index (χ2v) is 8.68. The van der Waals surface area contributed by atoms with Crippen molar-refractivity contribution >= 4 is 23.5 Å². The van der Waals surface area contributed by atoms with Crippen LogP contribution in [0.25, 0.3) is 0 Å². The Morgan fingerprint density at radius 3 is 2.39 bits per heavy atom. The van der Waals surface area contributed by atoms with Gasteiger partial charge in [0.25, 0.3) is 11.8 Å². The molecule has 2 aromatic rings. The van der Waals surface area contributed by atoms with E-state index in [0.29, 0.717) is 39.0 Å². The number of hydrogen-bond donors (Lipinski definition) is 3. The van der Waals surface area contributed by atoms with Crippen molar-refractivity contribution in [3.63, 3.8) is 0 Å². The number of benzene rings is 2. The fourth-order valence-corrected chi connectivity index (χ4v) is 4.24. The molecule has 0 spiro atoms. The fraction of sp³-hybridized carbons (Fsp3) is 0.375. The van der Waals surface area contributed by atoms with E-state index in [-0.39, 0.29) is 12.3 Å². The molecule has 0 aromatic heterocycles. The number of amides is 4. The molecular formula is C24H29N5O4. The molecule has 4 amide bonds. The van der Waals surface area contributed by atoms with Gasteiger partial charge in [-0.3, -0.25) is 19.9 Å². The molecule has 2 aliphatic heterocycles. The van der Waals surface area contributed by atoms with E-state index in [4.69, 9.17) is 0 Å². The molecule has 2 aromatic carbocycles. The van der Waals surface area contributed by atoms with E-state index >= 15 is 0 Å². The van der Waals surface area contributed by atoms with Crippen LogP contribution >= 0.6 is 0 Å². The van der Waals surface area contributed by atoms with Gasteiger partial charge in [-0.05, 0) is 37.5 Å². The molecule has 0 aliphatic carbocycles. The molecule has 9 nitrogen and oxygen atoms in total. The van der Waals surface area contributed by atoms with Crippen LogP contribution in [0.3, 0.4) is 0 Å². The standard InChI is InChI=1S/C24H29N5O4/c1-24(12-11-18-7-3-2-4-8-18)22(32)29(23(33)25-24)26-21(31)17-27-13-15-28(16-14-27)19-9-5-6-10-20(19)30/h2-10,30H,11-17H2,1H3,(H,25,33)(H,26,31)/t24-/m1/s1. The van der Waals surface area contributed by atoms with Gasteiger partial charge >= 0.3 is 6.03 Å². The van der Waals surface area contributed by atoms with Gasteiger partial charge in [0.15, 0.2) is 0 Å². The van der Waals surface area contributed by atoms with Crippen molar-refractivity contribution in [3.8, 4) is 5.75 Å². The van der Waals surface area contributed by atoms with Gasteiger partial charge in [0, 0.05) is 26.2 Å². The van der Waals surface area contributed by atoms with Crippen LogP contribution in [0.5, 0.6) is 5.75 Å². The monoisotopic (exact) mass is 451 g/mol. The molecule has 2 fully saturated rings. The van der Waals surface area contributed by atoms with Crippen molar-refractivity contribution in [2.75, 3.05) is 37.6 Å². The van der Waals surface area contributed by atoms with E-state index in [9.17, 15) is 19.5 Å². The Kier molecular flexibility index (Phi) is 6.50. The van der Waals surface area contributed by atoms with Gasteiger partial charge in [0.2, 0.25) is 0 Å². The number of imide groups is 1. The van der Waals surface area contributed by atoms with Crippen molar-refractivity contribution in [1.82, 2.24) is 20.7 Å². The molecule has 2 aliphatic rings. The van der Waals surface area contributed by atoms with Crippen LogP contribution in [-0.4, -0.2) is 71.1 Å². The summed E-state index contributed by atoms with van der Waals surface area (Å²) in [7, 11) is 0. The van der Waals surface area contributed by atoms with Crippen molar-refractivity contribution in [2.24, 2.45) is 0 Å². The largest absolute Gasteiger partial charge is 0.506 e. The zero-order valence-corrected chi connectivity index (χ0v) is 18.7. The van der Waals surface area contributed by atoms with Gasteiger partial charge in [-0.15, -0.1) is 0 Å². The predicted molar refractivity (Wildman–Crippen MR) is 123 cm³/mol. The summed E-state index contributed by atoms with van der Waals surface area (Å²) in [5.41, 5.74) is 3.25. The Balaban J connectivity index is 1.27. The number of nitrogens with zero attached hydrogens (tertiary/aromatic N) is 3. The lowest BCUT2D eigenvalue weighted by atomic mass is 9.93. The predicted octanol–water partition coefficient (Wildman–Crippen LogP) is 1.49. The second-order valence-electron chi connectivity index (χ2n) is 8.68. The van der Waals surface area contributed by atoms with Gasteiger partial charge in [-0.2, -0.15) is 5.01 Å². The third-order valence-electron chi connectivity index (χ3n) is 6.22. The summed E-state index contributed by atoms with van der Waals surface area (Å²) >= 11 is 0. The summed E-state index contributed by atoms with van der Waals surface area (Å²) in [6, 6.07) is 16.3. The molecule has 0 unspecified atom stereocenters. The minimum absolute atomic E-state index is 0.0758. The number of piperazine rings is 1. The maximum atomic E-state index is 12.9. The second kappa shape index (κ2) is 9.50. The minimum Gasteiger partial charge on any atom is -0.506 e. The highest BCUT2D eigenvalue weighted by Crippen LogP contribution is 2.27. The average molecular weight is 452 g/mol. The molecular weight excluding hydrogens is 422 g/mol. The molecule has 174 valence electrons. The van der Waals surface area contributed by atoms with E-state index < -0.39 is 23.4 Å². The molecule has 2 heterocycles. The first-order valence-corrected chi connectivity index (χ1v) is 11.1. The highest BCUT2D eigenvalue weighted by atomic mass is 16.3. The average Bonchev–Trinajstić information content (AvgIpc) is 3.02. The Morgan fingerprint density at radius 1 is 1.03 bits per heavy atom. The van der Waals surface area contributed by atoms with Crippen molar-refractivity contribution in [3.05, 3.63) is 60.2 Å². The van der Waals surface area contributed by atoms with Gasteiger partial charge in [-0.25, -0.2) is 4.79 Å². The first-order valence-electron chi connectivity index (χ1n) is 11.1. The topological polar surface area (TPSA) is 105 Å². The number of aryl methyl sites for hydroxylation is 1. The molecule has 33 heavy (non-hydrogen) atoms. The summed E-state index contributed by atoms with van der Waals surface area (Å²) < 4.78 is 0. The van der Waals surface area contributed by atoms with Crippen LogP contribution in [-0.2, 0) is 16.0 Å². The summed E-state index contributed by atoms with van der Waals surface area (Å²) in [4.78, 5) is 41.9. The summed E-state index contributed by atoms with van der Waals surface area (Å²) in [5.74, 6) is -0.638. The van der Waals surface area contributed by atoms with Crippen LogP contribution in [0, 0.1) is 0 Å². The normalized spacial score (nSPS) is 21.2. The maximum absolute atomic E-state index is 12.9. The first-order chi connectivity index (χ1) is 15.9. The van der Waals surface area contributed by atoms with Crippen LogP contribution in [0.4, 0.5) is 10.5 Å². The molecule has 9 heteroatoms. The number of para-hydroxylation sites is 2. The number of urea groups is 1. The highest BCUT2D eigenvalue weighted by Gasteiger charge is 2.48. The van der Waals surface area contributed by atoms with Gasteiger partial charge in [0.05, 0.1) is 12.2 Å². The number of hydrazine groups is 1. The SMILES string of the molecule is C[C@]1(CCc2ccccc2)NC(=O)N(NC(=O)CN2CCN(c3ccccc3O)CC2)C1=O. The Labute approximate surface area is 192 Å². The zero-order chi connectivity index (χ0) is 23.4. The Morgan fingerprint density at radius 2 is 1.70 bits per heavy atom. The molecule has 0 bridgehead atoms. The number of hydrogen-bond acceptors (Lipinski definition) is 6. The lowest BCUT2D eigenvalue weighted by Crippen LogP contribution is -2.54. The highest BCUT2D eigenvalue weighted by molar-refractivity contribution is 6.07. The molecule has 3 N–H and O–H groups in total. The van der Waals surface area contributed by atoms with E-state index in [1.165, 1.54) is 0 Å². The number of phenolic OH excluding ortho intramolecular Hbond substituents is 1. The van der Waals surface area contributed by atoms with Crippen molar-refractivity contribution in [1.29, 1.82) is 0 Å². The van der Waals surface area contributed by atoms with Gasteiger partial charge in [0.1, 0.15) is 11.3 Å². The quantitative estimate of drug-likeness (QED) is 0.551. The van der Waals surface area contributed by atoms with Crippen LogP contribution in [0.1, 0.15) is 18.9 Å². The molecule has 0 radical (unpaired) electrons. The Bertz CT molecular complexity index is 1020. The summed E-state index contributed by atoms with van der Waals surface area (Å²) in [5, 5.41) is 13.5. The minimum atomic E-state index is -1.07. The molecule has 4 rings (SSSR count). The van der Waals surface area contributed by atoms with Crippen molar-refractivity contribution in [2.45, 2.75) is 25.3 Å². The molecule has 1 atom stereocenters. The fourth-order valence-electron chi connectivity index (χ4n) is 4.24. The third kappa shape index (κ3) is 5.09. The van der Waals surface area contributed by atoms with Gasteiger partial charge < -0.3 is 15.3 Å². The number of carbonyl (C=O) groups is 3. The number of rotatable bonds is 7. The Hall–Kier alpha value is -3.59. The molecule has 0 saturated carbocycles. The molecule has 2 saturated heterocycles. The van der Waals surface area contributed by atoms with E-state index in [1.807, 2.05) is 47.4 Å². The number of phenols is 1. The van der Waals surface area contributed by atoms with E-state index in [2.05, 4.69) is 15.6 Å². The maximum Gasteiger partial charge on any atom is 0.344 e. The van der Waals surface area contributed by atoms with Crippen LogP contribution < -0.4 is 15.6 Å². The lowest BCUT2D eigenvalue weighted by molar-refractivity contribution is -0.139. The zero-order valence-electron chi connectivity index (χ0n) is 18.7. The van der Waals surface area contributed by atoms with Gasteiger partial charge in [-0.1, -0.05) is 42.5 Å². The number of nitrogens with one attached hydrogen (secondary N) is 2.